The van der Waals surface area contributed by atoms with Gasteiger partial charge in [-0.15, -0.1) is 0 Å². The molecule has 1 aliphatic rings. The molecule has 0 aromatic heterocycles. The molecule has 0 aromatic rings. The fraction of sp³-hybridized carbons (Fsp3) is 1.00. The maximum atomic E-state index is 12.0. The van der Waals surface area contributed by atoms with Crippen molar-refractivity contribution in [3.05, 3.63) is 0 Å². The van der Waals surface area contributed by atoms with E-state index in [0.717, 1.165) is 25.9 Å². The van der Waals surface area contributed by atoms with Crippen molar-refractivity contribution in [2.45, 2.75) is 51.3 Å². The summed E-state index contributed by atoms with van der Waals surface area (Å²) in [5.41, 5.74) is 0. The number of piperidine rings is 1. The van der Waals surface area contributed by atoms with Crippen molar-refractivity contribution in [1.29, 1.82) is 0 Å². The van der Waals surface area contributed by atoms with E-state index >= 15 is 0 Å². The Bertz CT molecular complexity index is 313. The molecule has 0 aromatic carbocycles. The molecule has 0 spiro atoms. The van der Waals surface area contributed by atoms with E-state index in [4.69, 9.17) is 0 Å². The Balaban J connectivity index is 2.60. The number of rotatable bonds is 3. The van der Waals surface area contributed by atoms with Crippen LogP contribution in [0.3, 0.4) is 0 Å². The quantitative estimate of drug-likeness (QED) is 0.786. The second-order valence-corrected chi connectivity index (χ2v) is 8.10. The zero-order valence-corrected chi connectivity index (χ0v) is 11.5. The van der Waals surface area contributed by atoms with Crippen molar-refractivity contribution in [2.75, 3.05) is 13.1 Å². The highest BCUT2D eigenvalue weighted by molar-refractivity contribution is 7.90. The summed E-state index contributed by atoms with van der Waals surface area (Å²) in [6, 6.07) is 0.0111. The van der Waals surface area contributed by atoms with Gasteiger partial charge in [0.05, 0.1) is 4.75 Å². The smallest absolute Gasteiger partial charge is 0.216 e. The number of hydrogen-bond donors (Lipinski definition) is 2. The zero-order valence-electron chi connectivity index (χ0n) is 10.7. The third kappa shape index (κ3) is 3.43. The van der Waals surface area contributed by atoms with Crippen LogP contribution in [0, 0.1) is 5.92 Å². The molecular weight excluding hydrogens is 224 g/mol. The van der Waals surface area contributed by atoms with Gasteiger partial charge in [0.25, 0.3) is 0 Å². The lowest BCUT2D eigenvalue weighted by Crippen LogP contribution is -2.49. The van der Waals surface area contributed by atoms with Crippen molar-refractivity contribution in [1.82, 2.24) is 10.0 Å². The second-order valence-electron chi connectivity index (χ2n) is 5.63. The van der Waals surface area contributed by atoms with Gasteiger partial charge in [-0.25, -0.2) is 13.1 Å². The molecule has 1 fully saturated rings. The van der Waals surface area contributed by atoms with Crippen molar-refractivity contribution in [2.24, 2.45) is 5.92 Å². The first-order chi connectivity index (χ1) is 7.24. The van der Waals surface area contributed by atoms with E-state index in [1.165, 1.54) is 0 Å². The van der Waals surface area contributed by atoms with Crippen LogP contribution in [0.4, 0.5) is 0 Å². The van der Waals surface area contributed by atoms with Crippen LogP contribution in [0.15, 0.2) is 0 Å². The van der Waals surface area contributed by atoms with Gasteiger partial charge >= 0.3 is 0 Å². The Labute approximate surface area is 99.2 Å². The highest BCUT2D eigenvalue weighted by atomic mass is 32.2. The topological polar surface area (TPSA) is 58.2 Å². The largest absolute Gasteiger partial charge is 0.316 e. The summed E-state index contributed by atoms with van der Waals surface area (Å²) in [6.45, 7) is 9.09. The number of sulfonamides is 1. The van der Waals surface area contributed by atoms with Gasteiger partial charge in [0.1, 0.15) is 0 Å². The lowest BCUT2D eigenvalue weighted by Gasteiger charge is -2.31. The van der Waals surface area contributed by atoms with Gasteiger partial charge < -0.3 is 5.32 Å². The second kappa shape index (κ2) is 5.02. The monoisotopic (exact) mass is 248 g/mol. The zero-order chi connectivity index (χ0) is 12.4. The van der Waals surface area contributed by atoms with Crippen LogP contribution in [0.25, 0.3) is 0 Å². The molecule has 2 N–H and O–H groups in total. The molecule has 96 valence electrons. The molecule has 2 atom stereocenters. The fourth-order valence-electron chi connectivity index (χ4n) is 1.82. The average Bonchev–Trinajstić information content (AvgIpc) is 2.16. The van der Waals surface area contributed by atoms with Gasteiger partial charge in [0, 0.05) is 6.04 Å². The van der Waals surface area contributed by atoms with Gasteiger partial charge in [-0.2, -0.15) is 0 Å². The van der Waals surface area contributed by atoms with Gasteiger partial charge in [0.2, 0.25) is 10.0 Å². The van der Waals surface area contributed by atoms with Crippen molar-refractivity contribution < 1.29 is 8.42 Å². The molecule has 5 heteroatoms. The minimum atomic E-state index is -3.22. The Morgan fingerprint density at radius 1 is 1.38 bits per heavy atom. The van der Waals surface area contributed by atoms with Crippen molar-refractivity contribution in [3.8, 4) is 0 Å². The lowest BCUT2D eigenvalue weighted by atomic mass is 9.94. The summed E-state index contributed by atoms with van der Waals surface area (Å²) < 4.78 is 26.0. The third-order valence-corrected chi connectivity index (χ3v) is 5.48. The van der Waals surface area contributed by atoms with Gasteiger partial charge in [-0.05, 0) is 59.5 Å². The number of hydrogen-bond acceptors (Lipinski definition) is 3. The Morgan fingerprint density at radius 3 is 2.44 bits per heavy atom. The molecule has 0 amide bonds. The lowest BCUT2D eigenvalue weighted by molar-refractivity contribution is 0.319. The van der Waals surface area contributed by atoms with Gasteiger partial charge in [-0.1, -0.05) is 0 Å². The van der Waals surface area contributed by atoms with E-state index in [1.807, 2.05) is 6.92 Å². The molecule has 1 heterocycles. The summed E-state index contributed by atoms with van der Waals surface area (Å²) in [6.07, 6.45) is 2.23. The summed E-state index contributed by atoms with van der Waals surface area (Å²) in [5.74, 6) is 0.408. The van der Waals surface area contributed by atoms with Crippen LogP contribution in [0.1, 0.15) is 40.5 Å². The predicted octanol–water partition coefficient (Wildman–Crippen LogP) is 1.09. The maximum absolute atomic E-state index is 12.0. The van der Waals surface area contributed by atoms with Crippen LogP contribution >= 0.6 is 0 Å². The summed E-state index contributed by atoms with van der Waals surface area (Å²) in [7, 11) is -3.22. The van der Waals surface area contributed by atoms with Gasteiger partial charge in [-0.3, -0.25) is 0 Å². The minimum absolute atomic E-state index is 0.0111. The van der Waals surface area contributed by atoms with E-state index in [0.29, 0.717) is 5.92 Å². The molecule has 0 saturated carbocycles. The van der Waals surface area contributed by atoms with E-state index in [2.05, 4.69) is 10.0 Å². The van der Waals surface area contributed by atoms with Crippen LogP contribution in [-0.4, -0.2) is 32.3 Å². The summed E-state index contributed by atoms with van der Waals surface area (Å²) >= 11 is 0. The highest BCUT2D eigenvalue weighted by Crippen LogP contribution is 2.19. The number of nitrogens with one attached hydrogen (secondary N) is 2. The van der Waals surface area contributed by atoms with Crippen LogP contribution in [-0.2, 0) is 10.0 Å². The molecule has 2 unspecified atom stereocenters. The Morgan fingerprint density at radius 2 is 2.00 bits per heavy atom. The molecule has 16 heavy (non-hydrogen) atoms. The van der Waals surface area contributed by atoms with Crippen LogP contribution in [0.2, 0.25) is 0 Å². The fourth-order valence-corrected chi connectivity index (χ4v) is 2.86. The first-order valence-electron chi connectivity index (χ1n) is 5.96. The molecular formula is C11H24N2O2S. The first kappa shape index (κ1) is 13.9. The van der Waals surface area contributed by atoms with Crippen molar-refractivity contribution in [3.63, 3.8) is 0 Å². The van der Waals surface area contributed by atoms with Gasteiger partial charge in [0.15, 0.2) is 0 Å². The van der Waals surface area contributed by atoms with Crippen molar-refractivity contribution >= 4 is 10.0 Å². The first-order valence-corrected chi connectivity index (χ1v) is 7.45. The normalized spacial score (nSPS) is 25.4. The summed E-state index contributed by atoms with van der Waals surface area (Å²) in [5, 5.41) is 3.31. The van der Waals surface area contributed by atoms with E-state index in [-0.39, 0.29) is 6.04 Å². The predicted molar refractivity (Wildman–Crippen MR) is 66.9 cm³/mol. The Kier molecular flexibility index (Phi) is 4.37. The molecule has 1 saturated heterocycles. The Hall–Kier alpha value is -0.130. The van der Waals surface area contributed by atoms with Crippen LogP contribution in [0.5, 0.6) is 0 Å². The van der Waals surface area contributed by atoms with E-state index in [9.17, 15) is 8.42 Å². The average molecular weight is 248 g/mol. The molecule has 1 rings (SSSR count). The molecule has 4 nitrogen and oxygen atoms in total. The SMILES string of the molecule is CC(NS(=O)(=O)C(C)(C)C)C1CCCNC1. The highest BCUT2D eigenvalue weighted by Gasteiger charge is 2.32. The van der Waals surface area contributed by atoms with E-state index in [1.54, 1.807) is 20.8 Å². The molecule has 0 aliphatic carbocycles. The third-order valence-electron chi connectivity index (χ3n) is 3.19. The molecule has 0 bridgehead atoms. The van der Waals surface area contributed by atoms with E-state index < -0.39 is 14.8 Å². The standard InChI is InChI=1S/C11H24N2O2S/c1-9(10-6-5-7-12-8-10)13-16(14,15)11(2,3)4/h9-10,12-13H,5-8H2,1-4H3. The molecule has 1 aliphatic heterocycles. The minimum Gasteiger partial charge on any atom is -0.316 e. The molecule has 0 radical (unpaired) electrons. The summed E-state index contributed by atoms with van der Waals surface area (Å²) in [4.78, 5) is 0. The maximum Gasteiger partial charge on any atom is 0.216 e. The van der Waals surface area contributed by atoms with Crippen LogP contribution < -0.4 is 10.0 Å².